The summed E-state index contributed by atoms with van der Waals surface area (Å²) in [6.45, 7) is 3.61. The van der Waals surface area contributed by atoms with Crippen LogP contribution in [-0.2, 0) is 9.09 Å². The van der Waals surface area contributed by atoms with E-state index in [4.69, 9.17) is 9.26 Å². The fraction of sp³-hybridized carbons (Fsp3) is 0.400. The standard InChI is InChI=1S/C10H14NO5P/c1-4-16-17(14)10-6-9(15-3)7(2)5-8(10)11(12)13/h5-6,17H,4H2,1-3H3. The minimum Gasteiger partial charge on any atom is -0.496 e. The Labute approximate surface area is 99.6 Å². The predicted octanol–water partition coefficient (Wildman–Crippen LogP) is 2.05. The molecular weight excluding hydrogens is 245 g/mol. The third-order valence-corrected chi connectivity index (χ3v) is 3.60. The molecule has 0 bridgehead atoms. The molecule has 0 aromatic heterocycles. The lowest BCUT2D eigenvalue weighted by Gasteiger charge is -2.08. The minimum absolute atomic E-state index is 0.0873. The molecule has 0 saturated heterocycles. The van der Waals surface area contributed by atoms with Crippen molar-refractivity contribution in [3.05, 3.63) is 27.8 Å². The molecule has 0 aliphatic carbocycles. The third kappa shape index (κ3) is 3.05. The third-order valence-electron chi connectivity index (χ3n) is 2.21. The quantitative estimate of drug-likeness (QED) is 0.459. The average Bonchev–Trinajstić information content (AvgIpc) is 2.28. The minimum atomic E-state index is -2.61. The molecule has 0 aliphatic heterocycles. The Morgan fingerprint density at radius 2 is 2.12 bits per heavy atom. The van der Waals surface area contributed by atoms with Gasteiger partial charge in [0, 0.05) is 12.1 Å². The smallest absolute Gasteiger partial charge is 0.282 e. The van der Waals surface area contributed by atoms with Crippen LogP contribution in [0.2, 0.25) is 0 Å². The van der Waals surface area contributed by atoms with Crippen molar-refractivity contribution < 1.29 is 18.7 Å². The van der Waals surface area contributed by atoms with Crippen molar-refractivity contribution in [3.8, 4) is 5.75 Å². The van der Waals surface area contributed by atoms with E-state index in [0.29, 0.717) is 11.3 Å². The summed E-state index contributed by atoms with van der Waals surface area (Å²) in [7, 11) is -1.16. The van der Waals surface area contributed by atoms with Crippen molar-refractivity contribution in [2.45, 2.75) is 13.8 Å². The summed E-state index contributed by atoms with van der Waals surface area (Å²) >= 11 is 0. The molecule has 0 fully saturated rings. The van der Waals surface area contributed by atoms with Gasteiger partial charge in [-0.2, -0.15) is 0 Å². The van der Waals surface area contributed by atoms with Gasteiger partial charge in [0.25, 0.3) is 5.69 Å². The maximum atomic E-state index is 11.8. The number of hydrogen-bond donors (Lipinski definition) is 0. The highest BCUT2D eigenvalue weighted by Gasteiger charge is 2.21. The van der Waals surface area contributed by atoms with Crippen LogP contribution in [0.25, 0.3) is 0 Å². The summed E-state index contributed by atoms with van der Waals surface area (Å²) in [4.78, 5) is 10.3. The summed E-state index contributed by atoms with van der Waals surface area (Å²) in [5.74, 6) is 0.462. The van der Waals surface area contributed by atoms with E-state index in [0.717, 1.165) is 0 Å². The molecule has 1 unspecified atom stereocenters. The van der Waals surface area contributed by atoms with E-state index >= 15 is 0 Å². The molecule has 0 amide bonds. The molecule has 7 heteroatoms. The number of aryl methyl sites for hydroxylation is 1. The molecule has 0 radical (unpaired) electrons. The Morgan fingerprint density at radius 3 is 2.59 bits per heavy atom. The maximum Gasteiger partial charge on any atom is 0.282 e. The number of benzene rings is 1. The number of nitrogens with zero attached hydrogens (tertiary/aromatic N) is 1. The zero-order chi connectivity index (χ0) is 13.0. The second-order valence-electron chi connectivity index (χ2n) is 3.32. The van der Waals surface area contributed by atoms with E-state index in [1.807, 2.05) is 0 Å². The van der Waals surface area contributed by atoms with Crippen molar-refractivity contribution in [2.75, 3.05) is 13.7 Å². The Balaban J connectivity index is 3.33. The zero-order valence-corrected chi connectivity index (χ0v) is 10.9. The fourth-order valence-corrected chi connectivity index (χ4v) is 2.46. The average molecular weight is 259 g/mol. The van der Waals surface area contributed by atoms with Gasteiger partial charge in [-0.05, 0) is 19.4 Å². The summed E-state index contributed by atoms with van der Waals surface area (Å²) in [5.41, 5.74) is 0.426. The topological polar surface area (TPSA) is 78.7 Å². The van der Waals surface area contributed by atoms with Gasteiger partial charge >= 0.3 is 0 Å². The molecule has 0 saturated carbocycles. The second kappa shape index (κ2) is 5.80. The predicted molar refractivity (Wildman–Crippen MR) is 64.6 cm³/mol. The first kappa shape index (κ1) is 13.7. The van der Waals surface area contributed by atoms with Gasteiger partial charge in [0.1, 0.15) is 11.1 Å². The van der Waals surface area contributed by atoms with Gasteiger partial charge in [0.2, 0.25) is 8.03 Å². The SMILES string of the molecule is CCO[PH](=O)c1cc(OC)c(C)cc1[N+](=O)[O-]. The first-order chi connectivity index (χ1) is 8.01. The van der Waals surface area contributed by atoms with E-state index in [1.54, 1.807) is 13.8 Å². The molecule has 1 atom stereocenters. The molecule has 1 aromatic rings. The Hall–Kier alpha value is -1.39. The van der Waals surface area contributed by atoms with Crippen molar-refractivity contribution >= 4 is 19.0 Å². The van der Waals surface area contributed by atoms with E-state index in [2.05, 4.69) is 0 Å². The van der Waals surface area contributed by atoms with Gasteiger partial charge in [0.15, 0.2) is 0 Å². The number of nitro benzene ring substituents is 1. The van der Waals surface area contributed by atoms with Crippen LogP contribution in [0.15, 0.2) is 12.1 Å². The molecule has 0 aliphatic rings. The number of rotatable bonds is 5. The molecule has 6 nitrogen and oxygen atoms in total. The summed E-state index contributed by atoms with van der Waals surface area (Å²) in [6.07, 6.45) is 0. The van der Waals surface area contributed by atoms with Gasteiger partial charge in [-0.1, -0.05) is 0 Å². The van der Waals surface area contributed by atoms with Crippen molar-refractivity contribution in [1.29, 1.82) is 0 Å². The van der Waals surface area contributed by atoms with Crippen LogP contribution >= 0.6 is 8.03 Å². The molecular formula is C10H14NO5P. The molecule has 1 rings (SSSR count). The highest BCUT2D eigenvalue weighted by atomic mass is 31.1. The van der Waals surface area contributed by atoms with Crippen LogP contribution in [0, 0.1) is 17.0 Å². The van der Waals surface area contributed by atoms with Gasteiger partial charge in [0.05, 0.1) is 18.6 Å². The Kier molecular flexibility index (Phi) is 4.66. The van der Waals surface area contributed by atoms with Crippen LogP contribution in [0.3, 0.4) is 0 Å². The molecule has 17 heavy (non-hydrogen) atoms. The van der Waals surface area contributed by atoms with E-state index < -0.39 is 13.0 Å². The van der Waals surface area contributed by atoms with Crippen molar-refractivity contribution in [1.82, 2.24) is 0 Å². The fourth-order valence-electron chi connectivity index (χ4n) is 1.42. The number of hydrogen-bond acceptors (Lipinski definition) is 5. The number of nitro groups is 1. The van der Waals surface area contributed by atoms with E-state index in [1.165, 1.54) is 19.2 Å². The van der Waals surface area contributed by atoms with Crippen molar-refractivity contribution in [2.24, 2.45) is 0 Å². The Bertz CT molecular complexity index is 460. The first-order valence-electron chi connectivity index (χ1n) is 5.01. The molecule has 94 valence electrons. The number of methoxy groups -OCH3 is 1. The van der Waals surface area contributed by atoms with Crippen LogP contribution < -0.4 is 10.0 Å². The highest BCUT2D eigenvalue weighted by molar-refractivity contribution is 7.48. The molecule has 0 heterocycles. The van der Waals surface area contributed by atoms with Gasteiger partial charge in [-0.15, -0.1) is 0 Å². The molecule has 0 N–H and O–H groups in total. The van der Waals surface area contributed by atoms with Gasteiger partial charge in [-0.25, -0.2) is 0 Å². The normalized spacial score (nSPS) is 12.2. The summed E-state index contributed by atoms with van der Waals surface area (Å²) in [6, 6.07) is 2.75. The lowest BCUT2D eigenvalue weighted by molar-refractivity contribution is -0.383. The first-order valence-corrected chi connectivity index (χ1v) is 6.33. The van der Waals surface area contributed by atoms with Crippen LogP contribution in [0.4, 0.5) is 5.69 Å². The summed E-state index contributed by atoms with van der Waals surface area (Å²) < 4.78 is 21.7. The van der Waals surface area contributed by atoms with Crippen LogP contribution in [0.5, 0.6) is 5.75 Å². The van der Waals surface area contributed by atoms with Crippen molar-refractivity contribution in [3.63, 3.8) is 0 Å². The summed E-state index contributed by atoms with van der Waals surface area (Å²) in [5, 5.41) is 11.0. The second-order valence-corrected chi connectivity index (χ2v) is 4.72. The Morgan fingerprint density at radius 1 is 1.47 bits per heavy atom. The zero-order valence-electron chi connectivity index (χ0n) is 9.85. The van der Waals surface area contributed by atoms with E-state index in [9.17, 15) is 14.7 Å². The maximum absolute atomic E-state index is 11.8. The lowest BCUT2D eigenvalue weighted by Crippen LogP contribution is -2.08. The van der Waals surface area contributed by atoms with Crippen LogP contribution in [-0.4, -0.2) is 18.6 Å². The molecule has 1 aromatic carbocycles. The van der Waals surface area contributed by atoms with Crippen LogP contribution in [0.1, 0.15) is 12.5 Å². The van der Waals surface area contributed by atoms with Gasteiger partial charge < -0.3 is 9.26 Å². The number of ether oxygens (including phenoxy) is 1. The van der Waals surface area contributed by atoms with Gasteiger partial charge in [-0.3, -0.25) is 14.7 Å². The van der Waals surface area contributed by atoms with E-state index in [-0.39, 0.29) is 17.6 Å². The monoisotopic (exact) mass is 259 g/mol. The largest absolute Gasteiger partial charge is 0.496 e. The highest BCUT2D eigenvalue weighted by Crippen LogP contribution is 2.31. The lowest BCUT2D eigenvalue weighted by atomic mass is 10.2. The molecule has 0 spiro atoms.